The molecule has 1 aromatic carbocycles. The molecule has 1 atom stereocenters. The molecule has 0 heterocycles. The van der Waals surface area contributed by atoms with Crippen LogP contribution in [0.5, 0.6) is 5.75 Å². The first kappa shape index (κ1) is 18.5. The van der Waals surface area contributed by atoms with Crippen LogP contribution in [0.3, 0.4) is 0 Å². The number of benzene rings is 1. The zero-order chi connectivity index (χ0) is 16.7. The van der Waals surface area contributed by atoms with Crippen LogP contribution < -0.4 is 10.1 Å². The minimum absolute atomic E-state index is 0.0649. The number of carbonyl (C=O) groups is 1. The minimum atomic E-state index is 0.0649. The van der Waals surface area contributed by atoms with E-state index in [1.165, 1.54) is 11.1 Å². The first-order valence-electron chi connectivity index (χ1n) is 7.97. The Hall–Kier alpha value is -1.55. The minimum Gasteiger partial charge on any atom is -0.492 e. The number of nitrogens with zero attached hydrogens (tertiary/aromatic N) is 1. The van der Waals surface area contributed by atoms with Gasteiger partial charge in [-0.05, 0) is 57.0 Å². The summed E-state index contributed by atoms with van der Waals surface area (Å²) < 4.78 is 5.77. The average molecular weight is 306 g/mol. The van der Waals surface area contributed by atoms with Crippen molar-refractivity contribution in [3.63, 3.8) is 0 Å². The fraction of sp³-hybridized carbons (Fsp3) is 0.611. The second-order valence-corrected chi connectivity index (χ2v) is 6.51. The molecule has 1 rings (SSSR count). The summed E-state index contributed by atoms with van der Waals surface area (Å²) in [7, 11) is 1.93. The maximum Gasteiger partial charge on any atom is 0.234 e. The lowest BCUT2D eigenvalue weighted by molar-refractivity contribution is -0.122. The monoisotopic (exact) mass is 306 g/mol. The van der Waals surface area contributed by atoms with Gasteiger partial charge in [-0.2, -0.15) is 0 Å². The standard InChI is InChI=1S/C18H30N2O2/c1-13(2)16(5)19-18(21)12-20(6)7-8-22-17-10-14(3)9-15(4)11-17/h9-11,13,16H,7-8,12H2,1-6H3,(H,19,21). The Morgan fingerprint density at radius 2 is 1.77 bits per heavy atom. The molecule has 1 aromatic rings. The highest BCUT2D eigenvalue weighted by Gasteiger charge is 2.12. The van der Waals surface area contributed by atoms with E-state index in [4.69, 9.17) is 4.74 Å². The van der Waals surface area contributed by atoms with Gasteiger partial charge in [-0.3, -0.25) is 9.69 Å². The van der Waals surface area contributed by atoms with Gasteiger partial charge >= 0.3 is 0 Å². The molecule has 0 saturated heterocycles. The molecule has 0 radical (unpaired) electrons. The highest BCUT2D eigenvalue weighted by molar-refractivity contribution is 5.78. The summed E-state index contributed by atoms with van der Waals surface area (Å²) >= 11 is 0. The molecule has 22 heavy (non-hydrogen) atoms. The molecule has 124 valence electrons. The van der Waals surface area contributed by atoms with Gasteiger partial charge in [0.2, 0.25) is 5.91 Å². The zero-order valence-electron chi connectivity index (χ0n) is 14.8. The van der Waals surface area contributed by atoms with E-state index in [0.717, 1.165) is 12.3 Å². The lowest BCUT2D eigenvalue weighted by Gasteiger charge is -2.21. The lowest BCUT2D eigenvalue weighted by atomic mass is 10.1. The van der Waals surface area contributed by atoms with Gasteiger partial charge in [-0.1, -0.05) is 19.9 Å². The second kappa shape index (κ2) is 8.79. The SMILES string of the molecule is Cc1cc(C)cc(OCCN(C)CC(=O)NC(C)C(C)C)c1. The van der Waals surface area contributed by atoms with Crippen molar-refractivity contribution in [1.82, 2.24) is 10.2 Å². The van der Waals surface area contributed by atoms with E-state index in [0.29, 0.717) is 19.1 Å². The molecular weight excluding hydrogens is 276 g/mol. The molecule has 0 saturated carbocycles. The van der Waals surface area contributed by atoms with Crippen LogP contribution in [0.1, 0.15) is 31.9 Å². The third-order valence-electron chi connectivity index (χ3n) is 3.74. The summed E-state index contributed by atoms with van der Waals surface area (Å²) in [6.07, 6.45) is 0. The molecule has 0 aromatic heterocycles. The van der Waals surface area contributed by atoms with E-state index >= 15 is 0 Å². The highest BCUT2D eigenvalue weighted by atomic mass is 16.5. The Kier molecular flexibility index (Phi) is 7.39. The van der Waals surface area contributed by atoms with Crippen LogP contribution in [0, 0.1) is 19.8 Å². The van der Waals surface area contributed by atoms with Gasteiger partial charge in [0.1, 0.15) is 12.4 Å². The molecule has 0 aliphatic carbocycles. The number of amides is 1. The fourth-order valence-corrected chi connectivity index (χ4v) is 2.13. The predicted molar refractivity (Wildman–Crippen MR) is 91.4 cm³/mol. The van der Waals surface area contributed by atoms with E-state index in [1.54, 1.807) is 0 Å². The number of hydrogen-bond acceptors (Lipinski definition) is 3. The number of likely N-dealkylation sites (N-methyl/N-ethyl adjacent to an activating group) is 1. The fourth-order valence-electron chi connectivity index (χ4n) is 2.13. The van der Waals surface area contributed by atoms with Crippen molar-refractivity contribution in [3.05, 3.63) is 29.3 Å². The van der Waals surface area contributed by atoms with Gasteiger partial charge < -0.3 is 10.1 Å². The normalized spacial score (nSPS) is 12.5. The summed E-state index contributed by atoms with van der Waals surface area (Å²) in [6.45, 7) is 12.1. The van der Waals surface area contributed by atoms with Gasteiger partial charge in [0.25, 0.3) is 0 Å². The maximum atomic E-state index is 11.9. The van der Waals surface area contributed by atoms with Crippen LogP contribution >= 0.6 is 0 Å². The van der Waals surface area contributed by atoms with Crippen LogP contribution in [0.15, 0.2) is 18.2 Å². The number of rotatable bonds is 8. The first-order chi connectivity index (χ1) is 10.3. The van der Waals surface area contributed by atoms with Gasteiger partial charge in [-0.15, -0.1) is 0 Å². The molecule has 4 heteroatoms. The van der Waals surface area contributed by atoms with Gasteiger partial charge in [0.15, 0.2) is 0 Å². The van der Waals surface area contributed by atoms with Crippen molar-refractivity contribution in [2.24, 2.45) is 5.92 Å². The highest BCUT2D eigenvalue weighted by Crippen LogP contribution is 2.15. The van der Waals surface area contributed by atoms with Crippen molar-refractivity contribution in [2.45, 2.75) is 40.7 Å². The van der Waals surface area contributed by atoms with E-state index in [-0.39, 0.29) is 11.9 Å². The molecule has 0 fully saturated rings. The number of aryl methyl sites for hydroxylation is 2. The third-order valence-corrected chi connectivity index (χ3v) is 3.74. The van der Waals surface area contributed by atoms with E-state index in [1.807, 2.05) is 31.0 Å². The van der Waals surface area contributed by atoms with Crippen LogP contribution in [-0.2, 0) is 4.79 Å². The molecule has 1 unspecified atom stereocenters. The first-order valence-corrected chi connectivity index (χ1v) is 7.97. The topological polar surface area (TPSA) is 41.6 Å². The van der Waals surface area contributed by atoms with E-state index in [9.17, 15) is 4.79 Å². The molecule has 1 amide bonds. The second-order valence-electron chi connectivity index (χ2n) is 6.51. The largest absolute Gasteiger partial charge is 0.492 e. The zero-order valence-corrected chi connectivity index (χ0v) is 14.8. The molecule has 0 bridgehead atoms. The molecule has 4 nitrogen and oxygen atoms in total. The Bertz CT molecular complexity index is 466. The van der Waals surface area contributed by atoms with E-state index < -0.39 is 0 Å². The predicted octanol–water partition coefficient (Wildman–Crippen LogP) is 2.77. The van der Waals surface area contributed by atoms with E-state index in [2.05, 4.69) is 39.1 Å². The number of ether oxygens (including phenoxy) is 1. The number of nitrogens with one attached hydrogen (secondary N) is 1. The summed E-state index contributed by atoms with van der Waals surface area (Å²) in [5.41, 5.74) is 2.40. The molecule has 0 aliphatic rings. The molecular formula is C18H30N2O2. The summed E-state index contributed by atoms with van der Waals surface area (Å²) in [5.74, 6) is 1.40. The molecule has 0 spiro atoms. The Labute approximate surface area is 134 Å². The Balaban J connectivity index is 2.31. The third kappa shape index (κ3) is 6.94. The van der Waals surface area contributed by atoms with Crippen molar-refractivity contribution in [1.29, 1.82) is 0 Å². The van der Waals surface area contributed by atoms with Crippen LogP contribution in [0.25, 0.3) is 0 Å². The molecule has 1 N–H and O–H groups in total. The van der Waals surface area contributed by atoms with Crippen LogP contribution in [0.4, 0.5) is 0 Å². The van der Waals surface area contributed by atoms with Crippen LogP contribution in [-0.4, -0.2) is 43.6 Å². The smallest absolute Gasteiger partial charge is 0.234 e. The van der Waals surface area contributed by atoms with Crippen LogP contribution in [0.2, 0.25) is 0 Å². The summed E-state index contributed by atoms with van der Waals surface area (Å²) in [5, 5.41) is 3.01. The molecule has 0 aliphatic heterocycles. The van der Waals surface area contributed by atoms with Gasteiger partial charge in [0, 0.05) is 12.6 Å². The quantitative estimate of drug-likeness (QED) is 0.803. The summed E-state index contributed by atoms with van der Waals surface area (Å²) in [4.78, 5) is 13.9. The average Bonchev–Trinajstić information content (AvgIpc) is 2.36. The van der Waals surface area contributed by atoms with Gasteiger partial charge in [0.05, 0.1) is 6.54 Å². The summed E-state index contributed by atoms with van der Waals surface area (Å²) in [6, 6.07) is 6.39. The van der Waals surface area contributed by atoms with Crippen molar-refractivity contribution in [2.75, 3.05) is 26.7 Å². The van der Waals surface area contributed by atoms with Crippen molar-refractivity contribution in [3.8, 4) is 5.75 Å². The van der Waals surface area contributed by atoms with Crippen molar-refractivity contribution >= 4 is 5.91 Å². The number of hydrogen-bond donors (Lipinski definition) is 1. The van der Waals surface area contributed by atoms with Gasteiger partial charge in [-0.25, -0.2) is 0 Å². The maximum absolute atomic E-state index is 11.9. The lowest BCUT2D eigenvalue weighted by Crippen LogP contribution is -2.42. The number of carbonyl (C=O) groups excluding carboxylic acids is 1. The Morgan fingerprint density at radius 1 is 1.18 bits per heavy atom. The Morgan fingerprint density at radius 3 is 2.32 bits per heavy atom. The van der Waals surface area contributed by atoms with Crippen molar-refractivity contribution < 1.29 is 9.53 Å².